The molecule has 1 rings (SSSR count). The van der Waals surface area contributed by atoms with Crippen molar-refractivity contribution in [2.45, 2.75) is 102 Å². The summed E-state index contributed by atoms with van der Waals surface area (Å²) < 4.78 is 31.9. The molecule has 0 unspecified atom stereocenters. The molecule has 0 spiro atoms. The van der Waals surface area contributed by atoms with E-state index in [1.54, 1.807) is 12.1 Å². The Kier molecular flexibility index (Phi) is 17.2. The molecule has 0 aliphatic carbocycles. The van der Waals surface area contributed by atoms with Crippen LogP contribution in [-0.4, -0.2) is 64.4 Å². The third-order valence-corrected chi connectivity index (χ3v) is 5.75. The Hall–Kier alpha value is 0.766. The first-order valence-corrected chi connectivity index (χ1v) is 11.5. The van der Waals surface area contributed by atoms with Crippen LogP contribution in [0.5, 0.6) is 0 Å². The average molecular weight is 409 g/mol. The molecule has 146 valence electrons. The fraction of sp³-hybridized carbons (Fsp3) is 0.714. The van der Waals surface area contributed by atoms with Crippen LogP contribution in [-0.2, 0) is 16.5 Å². The van der Waals surface area contributed by atoms with Gasteiger partial charge in [-0.15, -0.1) is 0 Å². The van der Waals surface area contributed by atoms with Crippen LogP contribution in [0.15, 0.2) is 29.2 Å². The Labute approximate surface area is 203 Å². The van der Waals surface area contributed by atoms with Gasteiger partial charge in [-0.2, -0.15) is 8.42 Å². The van der Waals surface area contributed by atoms with Gasteiger partial charge in [0.05, 0.1) is 4.90 Å². The maximum atomic E-state index is 11.3. The molecule has 1 N–H and O–H groups in total. The first-order valence-electron chi connectivity index (χ1n) is 10.1. The quantitative estimate of drug-likeness (QED) is 0.223. The molecule has 0 saturated heterocycles. The van der Waals surface area contributed by atoms with Crippen LogP contribution in [0.4, 0.5) is 0 Å². The molecule has 26 heavy (non-hydrogen) atoms. The monoisotopic (exact) mass is 408 g/mol. The van der Waals surface area contributed by atoms with Crippen molar-refractivity contribution < 1.29 is 13.0 Å². The van der Waals surface area contributed by atoms with Gasteiger partial charge in [0.1, 0.15) is 0 Å². The van der Waals surface area contributed by atoms with Crippen LogP contribution in [0.3, 0.4) is 0 Å². The molecule has 0 heterocycles. The number of rotatable bonds is 15. The molecule has 5 heteroatoms. The minimum atomic E-state index is -4.10. The molecule has 0 bridgehead atoms. The molecule has 1 aromatic rings. The van der Waals surface area contributed by atoms with Crippen LogP contribution in [0, 0.1) is 0 Å². The summed E-state index contributed by atoms with van der Waals surface area (Å²) >= 11 is 0. The van der Waals surface area contributed by atoms with Gasteiger partial charge in [-0.1, -0.05) is 102 Å². The number of unbranched alkanes of at least 4 members (excludes halogenated alkanes) is 12. The summed E-state index contributed by atoms with van der Waals surface area (Å²) in [6.45, 7) is 2.26. The zero-order chi connectivity index (χ0) is 18.4. The van der Waals surface area contributed by atoms with Crippen LogP contribution >= 0.6 is 0 Å². The van der Waals surface area contributed by atoms with Gasteiger partial charge < -0.3 is 0 Å². The summed E-state index contributed by atoms with van der Waals surface area (Å²) in [6.07, 6.45) is 17.6. The second kappa shape index (κ2) is 16.7. The van der Waals surface area contributed by atoms with E-state index >= 15 is 0 Å². The Morgan fingerprint density at radius 2 is 1.15 bits per heavy atom. The van der Waals surface area contributed by atoms with E-state index in [4.69, 9.17) is 0 Å². The molecular weight excluding hydrogens is 371 g/mol. The summed E-state index contributed by atoms with van der Waals surface area (Å²) in [5.74, 6) is 0. The van der Waals surface area contributed by atoms with Crippen molar-refractivity contribution in [1.29, 1.82) is 0 Å². The standard InChI is InChI=1S/C21H36O3S.K.H/c1-2-3-4-5-6-7-8-9-10-11-12-13-14-17-20-18-15-16-19-21(20)25(22,23)24;;/h15-16,18-19H,2-14,17H2,1H3,(H,22,23,24);;. The maximum absolute atomic E-state index is 11.3. The topological polar surface area (TPSA) is 54.4 Å². The van der Waals surface area contributed by atoms with Crippen molar-refractivity contribution in [3.8, 4) is 0 Å². The molecule has 0 aliphatic rings. The Bertz CT molecular complexity index is 558. The normalized spacial score (nSPS) is 11.3. The molecule has 0 fully saturated rings. The van der Waals surface area contributed by atoms with Gasteiger partial charge in [-0.3, -0.25) is 4.55 Å². The van der Waals surface area contributed by atoms with Gasteiger partial charge in [0, 0.05) is 0 Å². The Morgan fingerprint density at radius 3 is 1.62 bits per heavy atom. The zero-order valence-corrected chi connectivity index (χ0v) is 16.7. The average Bonchev–Trinajstić information content (AvgIpc) is 2.58. The first-order chi connectivity index (χ1) is 12.1. The fourth-order valence-electron chi connectivity index (χ4n) is 3.30. The van der Waals surface area contributed by atoms with Gasteiger partial charge in [-0.05, 0) is 24.5 Å². The predicted octanol–water partition coefficient (Wildman–Crippen LogP) is 5.92. The summed E-state index contributed by atoms with van der Waals surface area (Å²) in [7, 11) is -4.10. The summed E-state index contributed by atoms with van der Waals surface area (Å²) in [4.78, 5) is 0.0638. The van der Waals surface area contributed by atoms with Crippen molar-refractivity contribution in [2.24, 2.45) is 0 Å². The van der Waals surface area contributed by atoms with Gasteiger partial charge >= 0.3 is 51.4 Å². The van der Waals surface area contributed by atoms with E-state index in [-0.39, 0.29) is 56.3 Å². The second-order valence-corrected chi connectivity index (χ2v) is 8.47. The first kappa shape index (κ1) is 26.8. The van der Waals surface area contributed by atoms with Crippen LogP contribution in [0.1, 0.15) is 96.0 Å². The van der Waals surface area contributed by atoms with Gasteiger partial charge in [0.25, 0.3) is 10.1 Å². The van der Waals surface area contributed by atoms with Crippen LogP contribution < -0.4 is 0 Å². The molecule has 0 amide bonds. The van der Waals surface area contributed by atoms with Gasteiger partial charge in [0.2, 0.25) is 0 Å². The Morgan fingerprint density at radius 1 is 0.731 bits per heavy atom. The Balaban J connectivity index is 0.00000625. The summed E-state index contributed by atoms with van der Waals surface area (Å²) in [5.41, 5.74) is 0.730. The SMILES string of the molecule is CCCCCCCCCCCCCCCc1ccccc1S(=O)(=O)O.[KH]. The van der Waals surface area contributed by atoms with Gasteiger partial charge in [-0.25, -0.2) is 0 Å². The number of aryl methyl sites for hydroxylation is 1. The molecule has 0 aromatic heterocycles. The second-order valence-electron chi connectivity index (χ2n) is 7.08. The van der Waals surface area contributed by atoms with E-state index in [2.05, 4.69) is 6.92 Å². The van der Waals surface area contributed by atoms with E-state index in [0.29, 0.717) is 6.42 Å². The fourth-order valence-corrected chi connectivity index (χ4v) is 4.05. The van der Waals surface area contributed by atoms with E-state index in [0.717, 1.165) is 18.4 Å². The summed E-state index contributed by atoms with van der Waals surface area (Å²) in [6, 6.07) is 6.75. The van der Waals surface area contributed by atoms with Crippen molar-refractivity contribution in [3.05, 3.63) is 29.8 Å². The number of hydrogen-bond acceptors (Lipinski definition) is 2. The molecule has 0 saturated carbocycles. The van der Waals surface area contributed by atoms with Crippen molar-refractivity contribution >= 4 is 61.5 Å². The summed E-state index contributed by atoms with van der Waals surface area (Å²) in [5, 5.41) is 0. The van der Waals surface area contributed by atoms with Crippen molar-refractivity contribution in [1.82, 2.24) is 0 Å². The molecule has 0 radical (unpaired) electrons. The zero-order valence-electron chi connectivity index (χ0n) is 15.9. The third-order valence-electron chi connectivity index (χ3n) is 4.80. The van der Waals surface area contributed by atoms with Crippen LogP contribution in [0.25, 0.3) is 0 Å². The number of benzene rings is 1. The number of hydrogen-bond donors (Lipinski definition) is 1. The third kappa shape index (κ3) is 13.0. The molecule has 3 nitrogen and oxygen atoms in total. The minimum absolute atomic E-state index is 0. The van der Waals surface area contributed by atoms with Crippen LogP contribution in [0.2, 0.25) is 0 Å². The predicted molar refractivity (Wildman–Crippen MR) is 113 cm³/mol. The van der Waals surface area contributed by atoms with Crippen molar-refractivity contribution in [2.75, 3.05) is 0 Å². The van der Waals surface area contributed by atoms with Crippen molar-refractivity contribution in [3.63, 3.8) is 0 Å². The molecule has 1 aromatic carbocycles. The van der Waals surface area contributed by atoms with Gasteiger partial charge in [0.15, 0.2) is 0 Å². The van der Waals surface area contributed by atoms with E-state index in [9.17, 15) is 13.0 Å². The molecule has 0 atom stereocenters. The molecule has 0 aliphatic heterocycles. The van der Waals surface area contributed by atoms with E-state index in [1.165, 1.54) is 76.7 Å². The van der Waals surface area contributed by atoms with E-state index < -0.39 is 10.1 Å². The van der Waals surface area contributed by atoms with E-state index in [1.807, 2.05) is 6.07 Å². The molecular formula is C21H37KO3S.